The van der Waals surface area contributed by atoms with Crippen LogP contribution in [0, 0.1) is 11.3 Å². The molecule has 0 bridgehead atoms. The third kappa shape index (κ3) is 2.26. The monoisotopic (exact) mass is 336 g/mol. The third-order valence-corrected chi connectivity index (χ3v) is 4.73. The second kappa shape index (κ2) is 5.38. The van der Waals surface area contributed by atoms with Crippen molar-refractivity contribution in [2.75, 3.05) is 12.8 Å². The number of fused-ring (bicyclic) bond motifs is 1. The number of benzene rings is 1. The van der Waals surface area contributed by atoms with Crippen molar-refractivity contribution >= 4 is 17.6 Å². The van der Waals surface area contributed by atoms with Crippen LogP contribution in [0.25, 0.3) is 5.69 Å². The van der Waals surface area contributed by atoms with E-state index in [1.165, 1.54) is 17.9 Å². The smallest absolute Gasteiger partial charge is 0.357 e. The second-order valence-corrected chi connectivity index (χ2v) is 6.28. The zero-order valence-corrected chi connectivity index (χ0v) is 13.7. The summed E-state index contributed by atoms with van der Waals surface area (Å²) in [6.45, 7) is 0.625. The molecule has 0 radical (unpaired) electrons. The molecule has 7 nitrogen and oxygen atoms in total. The Labute approximate surface area is 144 Å². The molecule has 1 aromatic heterocycles. The molecule has 1 saturated carbocycles. The van der Waals surface area contributed by atoms with E-state index in [0.717, 1.165) is 18.4 Å². The number of amides is 1. The molecule has 2 heterocycles. The Bertz CT molecular complexity index is 950. The molecule has 4 rings (SSSR count). The van der Waals surface area contributed by atoms with E-state index in [1.54, 1.807) is 6.07 Å². The average molecular weight is 336 g/mol. The molecule has 0 spiro atoms. The minimum atomic E-state index is -0.634. The third-order valence-electron chi connectivity index (χ3n) is 4.73. The second-order valence-electron chi connectivity index (χ2n) is 6.28. The molecule has 0 atom stereocenters. The Balaban J connectivity index is 1.81. The van der Waals surface area contributed by atoms with Crippen LogP contribution in [0.1, 0.15) is 44.8 Å². The van der Waals surface area contributed by atoms with Crippen molar-refractivity contribution in [3.05, 3.63) is 46.8 Å². The lowest BCUT2D eigenvalue weighted by Gasteiger charge is -2.13. The highest BCUT2D eigenvalue weighted by Crippen LogP contribution is 2.35. The van der Waals surface area contributed by atoms with E-state index < -0.39 is 5.97 Å². The zero-order chi connectivity index (χ0) is 17.7. The van der Waals surface area contributed by atoms with Crippen molar-refractivity contribution in [3.8, 4) is 11.8 Å². The van der Waals surface area contributed by atoms with Gasteiger partial charge in [-0.3, -0.25) is 4.79 Å². The highest BCUT2D eigenvalue weighted by molar-refractivity contribution is 6.00. The fraction of sp³-hybridized carbons (Fsp3) is 0.278. The van der Waals surface area contributed by atoms with Crippen LogP contribution in [-0.4, -0.2) is 34.5 Å². The van der Waals surface area contributed by atoms with E-state index in [9.17, 15) is 14.9 Å². The minimum absolute atomic E-state index is 0.0135. The summed E-state index contributed by atoms with van der Waals surface area (Å²) in [4.78, 5) is 26.6. The number of esters is 1. The number of anilines is 1. The summed E-state index contributed by atoms with van der Waals surface area (Å²) < 4.78 is 6.29. The largest absolute Gasteiger partial charge is 0.464 e. The van der Waals surface area contributed by atoms with E-state index in [2.05, 4.69) is 0 Å². The molecule has 1 aliphatic heterocycles. The molecule has 2 N–H and O–H groups in total. The van der Waals surface area contributed by atoms with Crippen LogP contribution in [0.2, 0.25) is 0 Å². The number of nitrogens with two attached hydrogens (primary N) is 1. The Morgan fingerprint density at radius 3 is 2.80 bits per heavy atom. The number of nitrogen functional groups attached to an aromatic ring is 1. The number of hydrogen-bond donors (Lipinski definition) is 1. The fourth-order valence-electron chi connectivity index (χ4n) is 3.26. The maximum atomic E-state index is 12.6. The number of carbonyl (C=O) groups is 2. The average Bonchev–Trinajstić information content (AvgIpc) is 3.34. The molecule has 2 aliphatic rings. The normalized spacial score (nSPS) is 15.8. The number of nitriles is 1. The van der Waals surface area contributed by atoms with Gasteiger partial charge in [0, 0.05) is 30.0 Å². The highest BCUT2D eigenvalue weighted by atomic mass is 16.5. The van der Waals surface area contributed by atoms with Crippen LogP contribution in [0.4, 0.5) is 5.69 Å². The van der Waals surface area contributed by atoms with Gasteiger partial charge in [0.25, 0.3) is 5.91 Å². The van der Waals surface area contributed by atoms with Crippen molar-refractivity contribution in [3.63, 3.8) is 0 Å². The first kappa shape index (κ1) is 15.3. The van der Waals surface area contributed by atoms with Crippen LogP contribution < -0.4 is 5.73 Å². The molecule has 2 aromatic rings. The van der Waals surface area contributed by atoms with Crippen molar-refractivity contribution in [1.29, 1.82) is 5.26 Å². The van der Waals surface area contributed by atoms with Crippen LogP contribution in [0.15, 0.2) is 24.4 Å². The van der Waals surface area contributed by atoms with Crippen LogP contribution in [0.5, 0.6) is 0 Å². The molecule has 126 valence electrons. The zero-order valence-electron chi connectivity index (χ0n) is 13.7. The van der Waals surface area contributed by atoms with E-state index in [-0.39, 0.29) is 22.9 Å². The molecular formula is C18H16N4O3. The van der Waals surface area contributed by atoms with Gasteiger partial charge in [-0.2, -0.15) is 5.26 Å². The van der Waals surface area contributed by atoms with E-state index in [4.69, 9.17) is 10.5 Å². The topological polar surface area (TPSA) is 101 Å². The van der Waals surface area contributed by atoms with E-state index >= 15 is 0 Å². The van der Waals surface area contributed by atoms with Gasteiger partial charge in [-0.1, -0.05) is 6.07 Å². The van der Waals surface area contributed by atoms with Gasteiger partial charge in [-0.25, -0.2) is 4.79 Å². The summed E-state index contributed by atoms with van der Waals surface area (Å²) >= 11 is 0. The van der Waals surface area contributed by atoms with Gasteiger partial charge < -0.3 is 19.9 Å². The Morgan fingerprint density at radius 2 is 2.16 bits per heavy atom. The SMILES string of the molecule is COC(=O)c1c(N)c(C#N)cn1-c1ccc2c(c1)C(=O)N(C1CC1)C2. The lowest BCUT2D eigenvalue weighted by Crippen LogP contribution is -2.25. The lowest BCUT2D eigenvalue weighted by atomic mass is 10.1. The van der Waals surface area contributed by atoms with Gasteiger partial charge in [0.1, 0.15) is 6.07 Å². The van der Waals surface area contributed by atoms with Crippen molar-refractivity contribution in [1.82, 2.24) is 9.47 Å². The summed E-state index contributed by atoms with van der Waals surface area (Å²) in [5.74, 6) is -0.620. The van der Waals surface area contributed by atoms with Gasteiger partial charge >= 0.3 is 5.97 Å². The number of carbonyl (C=O) groups excluding carboxylic acids is 2. The number of aromatic nitrogens is 1. The summed E-state index contributed by atoms with van der Waals surface area (Å²) in [6.07, 6.45) is 3.60. The molecule has 7 heteroatoms. The molecule has 1 aromatic carbocycles. The molecule has 1 fully saturated rings. The van der Waals surface area contributed by atoms with Crippen molar-refractivity contribution in [2.24, 2.45) is 0 Å². The number of ether oxygens (including phenoxy) is 1. The Kier molecular flexibility index (Phi) is 3.29. The molecular weight excluding hydrogens is 320 g/mol. The predicted molar refractivity (Wildman–Crippen MR) is 89.1 cm³/mol. The Hall–Kier alpha value is -3.27. The van der Waals surface area contributed by atoms with Gasteiger partial charge in [0.05, 0.1) is 18.4 Å². The van der Waals surface area contributed by atoms with E-state index in [1.807, 2.05) is 23.1 Å². The molecule has 0 saturated heterocycles. The van der Waals surface area contributed by atoms with Gasteiger partial charge in [0.2, 0.25) is 0 Å². The Morgan fingerprint density at radius 1 is 1.40 bits per heavy atom. The van der Waals surface area contributed by atoms with Crippen molar-refractivity contribution < 1.29 is 14.3 Å². The standard InChI is InChI=1S/C18H16N4O3/c1-25-18(24)16-15(20)11(7-19)9-21(16)13-3-2-10-8-22(12-4-5-12)17(23)14(10)6-13/h2-3,6,9,12H,4-5,8,20H2,1H3. The molecule has 0 unspecified atom stereocenters. The van der Waals surface area contributed by atoms with Gasteiger partial charge in [-0.05, 0) is 30.5 Å². The van der Waals surface area contributed by atoms with Crippen LogP contribution in [0.3, 0.4) is 0 Å². The van der Waals surface area contributed by atoms with Crippen LogP contribution in [-0.2, 0) is 11.3 Å². The fourth-order valence-corrected chi connectivity index (χ4v) is 3.26. The molecule has 25 heavy (non-hydrogen) atoms. The number of methoxy groups -OCH3 is 1. The number of rotatable bonds is 3. The number of hydrogen-bond acceptors (Lipinski definition) is 5. The predicted octanol–water partition coefficient (Wildman–Crippen LogP) is 1.84. The molecule has 1 aliphatic carbocycles. The van der Waals surface area contributed by atoms with Crippen molar-refractivity contribution in [2.45, 2.75) is 25.4 Å². The number of nitrogens with zero attached hydrogens (tertiary/aromatic N) is 3. The minimum Gasteiger partial charge on any atom is -0.464 e. The van der Waals surface area contributed by atoms with Crippen LogP contribution >= 0.6 is 0 Å². The maximum absolute atomic E-state index is 12.6. The van der Waals surface area contributed by atoms with Gasteiger partial charge in [0.15, 0.2) is 5.69 Å². The maximum Gasteiger partial charge on any atom is 0.357 e. The summed E-state index contributed by atoms with van der Waals surface area (Å²) in [6, 6.07) is 7.76. The summed E-state index contributed by atoms with van der Waals surface area (Å²) in [5.41, 5.74) is 8.46. The first-order chi connectivity index (χ1) is 12.0. The van der Waals surface area contributed by atoms with Gasteiger partial charge in [-0.15, -0.1) is 0 Å². The first-order valence-electron chi connectivity index (χ1n) is 7.98. The molecule has 1 amide bonds. The summed E-state index contributed by atoms with van der Waals surface area (Å²) in [7, 11) is 1.25. The first-order valence-corrected chi connectivity index (χ1v) is 7.98. The van der Waals surface area contributed by atoms with E-state index in [0.29, 0.717) is 23.8 Å². The quantitative estimate of drug-likeness (QED) is 0.862. The summed E-state index contributed by atoms with van der Waals surface area (Å²) in [5, 5.41) is 9.20. The lowest BCUT2D eigenvalue weighted by molar-refractivity contribution is 0.0592. The highest BCUT2D eigenvalue weighted by Gasteiger charge is 2.38.